The normalized spacial score (nSPS) is 10.2. The Morgan fingerprint density at radius 1 is 1.35 bits per heavy atom. The van der Waals surface area contributed by atoms with Crippen molar-refractivity contribution in [2.45, 2.75) is 10.6 Å². The van der Waals surface area contributed by atoms with Gasteiger partial charge < -0.3 is 14.3 Å². The molecule has 2 aromatic rings. The summed E-state index contributed by atoms with van der Waals surface area (Å²) in [7, 11) is 1.29. The third kappa shape index (κ3) is 3.21. The summed E-state index contributed by atoms with van der Waals surface area (Å²) in [6.45, 7) is 0. The Balaban J connectivity index is 2.09. The SMILES string of the molecule is COC(=O)c1occc1CSc1cccc(C(=O)O)c1. The maximum atomic E-state index is 11.4. The van der Waals surface area contributed by atoms with Gasteiger partial charge in [-0.05, 0) is 24.3 Å². The highest BCUT2D eigenvalue weighted by atomic mass is 32.2. The minimum absolute atomic E-state index is 0.175. The van der Waals surface area contributed by atoms with Gasteiger partial charge in [-0.3, -0.25) is 0 Å². The fourth-order valence-electron chi connectivity index (χ4n) is 1.60. The van der Waals surface area contributed by atoms with E-state index < -0.39 is 11.9 Å². The molecule has 0 amide bonds. The van der Waals surface area contributed by atoms with E-state index in [0.29, 0.717) is 11.3 Å². The third-order valence-electron chi connectivity index (χ3n) is 2.59. The summed E-state index contributed by atoms with van der Waals surface area (Å²) < 4.78 is 9.70. The molecule has 0 unspecified atom stereocenters. The van der Waals surface area contributed by atoms with Crippen LogP contribution in [0.15, 0.2) is 45.9 Å². The minimum atomic E-state index is -0.967. The van der Waals surface area contributed by atoms with E-state index in [1.54, 1.807) is 18.2 Å². The quantitative estimate of drug-likeness (QED) is 0.674. The first-order valence-corrected chi connectivity index (χ1v) is 6.71. The van der Waals surface area contributed by atoms with Crippen LogP contribution in [0.2, 0.25) is 0 Å². The second-order valence-corrected chi connectivity index (χ2v) is 4.94. The lowest BCUT2D eigenvalue weighted by Gasteiger charge is -2.03. The van der Waals surface area contributed by atoms with Crippen LogP contribution >= 0.6 is 11.8 Å². The Kier molecular flexibility index (Phi) is 4.47. The Morgan fingerprint density at radius 3 is 2.85 bits per heavy atom. The molecule has 0 radical (unpaired) electrons. The van der Waals surface area contributed by atoms with Gasteiger partial charge in [-0.25, -0.2) is 9.59 Å². The molecule has 0 bridgehead atoms. The Bertz CT molecular complexity index is 632. The van der Waals surface area contributed by atoms with E-state index in [1.807, 2.05) is 6.07 Å². The summed E-state index contributed by atoms with van der Waals surface area (Å²) in [6, 6.07) is 8.31. The van der Waals surface area contributed by atoms with Gasteiger partial charge in [0, 0.05) is 16.2 Å². The van der Waals surface area contributed by atoms with Crippen molar-refractivity contribution < 1.29 is 23.8 Å². The summed E-state index contributed by atoms with van der Waals surface area (Å²) in [5, 5.41) is 8.92. The van der Waals surface area contributed by atoms with E-state index in [1.165, 1.54) is 31.2 Å². The Hall–Kier alpha value is -2.21. The molecule has 0 atom stereocenters. The number of methoxy groups -OCH3 is 1. The van der Waals surface area contributed by atoms with Crippen LogP contribution in [0.1, 0.15) is 26.5 Å². The number of carboxylic acids is 1. The molecule has 2 rings (SSSR count). The zero-order valence-corrected chi connectivity index (χ0v) is 11.5. The molecule has 0 aliphatic carbocycles. The predicted octanol–water partition coefficient (Wildman–Crippen LogP) is 3.06. The topological polar surface area (TPSA) is 76.7 Å². The van der Waals surface area contributed by atoms with Gasteiger partial charge in [-0.15, -0.1) is 11.8 Å². The van der Waals surface area contributed by atoms with Crippen LogP contribution in [0, 0.1) is 0 Å². The third-order valence-corrected chi connectivity index (χ3v) is 3.64. The molecule has 5 nitrogen and oxygen atoms in total. The van der Waals surface area contributed by atoms with Crippen molar-refractivity contribution >= 4 is 23.7 Å². The highest BCUT2D eigenvalue weighted by molar-refractivity contribution is 7.98. The number of hydrogen-bond acceptors (Lipinski definition) is 5. The smallest absolute Gasteiger partial charge is 0.374 e. The second-order valence-electron chi connectivity index (χ2n) is 3.89. The number of ether oxygens (including phenoxy) is 1. The van der Waals surface area contributed by atoms with Crippen molar-refractivity contribution in [3.8, 4) is 0 Å². The number of aromatic carboxylic acids is 1. The largest absolute Gasteiger partial charge is 0.478 e. The van der Waals surface area contributed by atoms with Crippen LogP contribution in [0.3, 0.4) is 0 Å². The molecule has 0 aliphatic rings. The van der Waals surface area contributed by atoms with Crippen molar-refractivity contribution in [3.63, 3.8) is 0 Å². The molecular weight excluding hydrogens is 280 g/mol. The number of esters is 1. The first-order chi connectivity index (χ1) is 9.61. The summed E-state index contributed by atoms with van der Waals surface area (Å²) in [5.74, 6) is -0.824. The first-order valence-electron chi connectivity index (χ1n) is 5.72. The van der Waals surface area contributed by atoms with Gasteiger partial charge in [-0.2, -0.15) is 0 Å². The number of hydrogen-bond donors (Lipinski definition) is 1. The zero-order valence-electron chi connectivity index (χ0n) is 10.7. The molecule has 0 saturated carbocycles. The van der Waals surface area contributed by atoms with Crippen molar-refractivity contribution in [1.29, 1.82) is 0 Å². The minimum Gasteiger partial charge on any atom is -0.478 e. The maximum Gasteiger partial charge on any atom is 0.374 e. The molecule has 1 aromatic carbocycles. The van der Waals surface area contributed by atoms with Crippen LogP contribution in [-0.4, -0.2) is 24.2 Å². The molecular formula is C14H12O5S. The van der Waals surface area contributed by atoms with Crippen LogP contribution in [0.5, 0.6) is 0 Å². The first kappa shape index (κ1) is 14.2. The Morgan fingerprint density at radius 2 is 2.15 bits per heavy atom. The van der Waals surface area contributed by atoms with Gasteiger partial charge in [0.1, 0.15) is 0 Å². The lowest BCUT2D eigenvalue weighted by Crippen LogP contribution is -2.02. The van der Waals surface area contributed by atoms with Gasteiger partial charge in [0.25, 0.3) is 0 Å². The number of rotatable bonds is 5. The van der Waals surface area contributed by atoms with Crippen LogP contribution in [0.25, 0.3) is 0 Å². The summed E-state index contributed by atoms with van der Waals surface area (Å²) in [6.07, 6.45) is 1.43. The molecule has 0 aliphatic heterocycles. The van der Waals surface area contributed by atoms with E-state index in [-0.39, 0.29) is 11.3 Å². The molecule has 1 aromatic heterocycles. The monoisotopic (exact) mass is 292 g/mol. The van der Waals surface area contributed by atoms with Gasteiger partial charge in [0.05, 0.1) is 18.9 Å². The molecule has 0 spiro atoms. The average molecular weight is 292 g/mol. The standard InChI is InChI=1S/C14H12O5S/c1-18-14(17)12-10(5-6-19-12)8-20-11-4-2-3-9(7-11)13(15)16/h2-7H,8H2,1H3,(H,15,16). The molecule has 1 heterocycles. The van der Waals surface area contributed by atoms with Gasteiger partial charge in [0.15, 0.2) is 0 Å². The second kappa shape index (κ2) is 6.29. The number of thioether (sulfide) groups is 1. The van der Waals surface area contributed by atoms with E-state index in [2.05, 4.69) is 4.74 Å². The highest BCUT2D eigenvalue weighted by Crippen LogP contribution is 2.26. The van der Waals surface area contributed by atoms with E-state index in [0.717, 1.165) is 4.90 Å². The molecule has 6 heteroatoms. The van der Waals surface area contributed by atoms with E-state index in [9.17, 15) is 9.59 Å². The summed E-state index contributed by atoms with van der Waals surface area (Å²) >= 11 is 1.42. The number of carbonyl (C=O) groups excluding carboxylic acids is 1. The van der Waals surface area contributed by atoms with E-state index in [4.69, 9.17) is 9.52 Å². The molecule has 1 N–H and O–H groups in total. The van der Waals surface area contributed by atoms with Crippen LogP contribution in [-0.2, 0) is 10.5 Å². The van der Waals surface area contributed by atoms with Gasteiger partial charge in [0.2, 0.25) is 5.76 Å². The van der Waals surface area contributed by atoms with Crippen LogP contribution < -0.4 is 0 Å². The number of carboxylic acid groups (broad SMARTS) is 1. The number of benzene rings is 1. The van der Waals surface area contributed by atoms with Crippen molar-refractivity contribution in [1.82, 2.24) is 0 Å². The summed E-state index contributed by atoms with van der Waals surface area (Å²) in [4.78, 5) is 23.1. The zero-order chi connectivity index (χ0) is 14.5. The molecule has 20 heavy (non-hydrogen) atoms. The van der Waals surface area contributed by atoms with Gasteiger partial charge in [-0.1, -0.05) is 6.07 Å². The number of carbonyl (C=O) groups is 2. The fourth-order valence-corrected chi connectivity index (χ4v) is 2.54. The van der Waals surface area contributed by atoms with Crippen LogP contribution in [0.4, 0.5) is 0 Å². The fraction of sp³-hybridized carbons (Fsp3) is 0.143. The maximum absolute atomic E-state index is 11.4. The highest BCUT2D eigenvalue weighted by Gasteiger charge is 2.15. The van der Waals surface area contributed by atoms with Crippen molar-refractivity contribution in [2.24, 2.45) is 0 Å². The molecule has 0 saturated heterocycles. The summed E-state index contributed by atoms with van der Waals surface area (Å²) in [5.41, 5.74) is 0.943. The predicted molar refractivity (Wildman–Crippen MR) is 73.0 cm³/mol. The lowest BCUT2D eigenvalue weighted by atomic mass is 10.2. The van der Waals surface area contributed by atoms with Crippen molar-refractivity contribution in [3.05, 3.63) is 53.5 Å². The lowest BCUT2D eigenvalue weighted by molar-refractivity contribution is 0.0563. The van der Waals surface area contributed by atoms with Gasteiger partial charge >= 0.3 is 11.9 Å². The molecule has 0 fully saturated rings. The Labute approximate surface area is 119 Å². The van der Waals surface area contributed by atoms with E-state index >= 15 is 0 Å². The number of furan rings is 1. The average Bonchev–Trinajstić information content (AvgIpc) is 2.93. The molecule has 104 valence electrons. The van der Waals surface area contributed by atoms with Crippen molar-refractivity contribution in [2.75, 3.05) is 7.11 Å².